The minimum absolute atomic E-state index is 0.134. The van der Waals surface area contributed by atoms with Crippen molar-refractivity contribution >= 4 is 0 Å². The summed E-state index contributed by atoms with van der Waals surface area (Å²) in [4.78, 5) is 11.1. The van der Waals surface area contributed by atoms with Crippen molar-refractivity contribution in [3.63, 3.8) is 0 Å². The average molecular weight is 486 g/mol. The van der Waals surface area contributed by atoms with Crippen LogP contribution in [0.1, 0.15) is 99.8 Å². The molecule has 0 amide bonds. The number of allylic oxidation sites excluding steroid dienone is 4. The van der Waals surface area contributed by atoms with E-state index < -0.39 is 17.7 Å². The van der Waals surface area contributed by atoms with Crippen LogP contribution in [0.4, 0.5) is 0 Å². The van der Waals surface area contributed by atoms with Gasteiger partial charge in [-0.25, -0.2) is 0 Å². The van der Waals surface area contributed by atoms with E-state index in [0.29, 0.717) is 41.6 Å². The third-order valence-corrected chi connectivity index (χ3v) is 8.92. The first-order chi connectivity index (χ1) is 16.4. The highest BCUT2D eigenvalue weighted by molar-refractivity contribution is 5.30. The molecule has 3 unspecified atom stereocenters. The molecular formula is C31H51NO3. The topological polar surface area (TPSA) is 69.9 Å². The quantitative estimate of drug-likeness (QED) is 0.296. The molecule has 0 aromatic carbocycles. The Bertz CT molecular complexity index is 818. The maximum atomic E-state index is 11.1. The summed E-state index contributed by atoms with van der Waals surface area (Å²) in [5.74, 6) is 1.88. The zero-order valence-corrected chi connectivity index (χ0v) is 23.4. The molecule has 2 N–H and O–H groups in total. The van der Waals surface area contributed by atoms with Crippen molar-refractivity contribution in [2.45, 2.75) is 118 Å². The van der Waals surface area contributed by atoms with Crippen LogP contribution in [0.5, 0.6) is 0 Å². The lowest BCUT2D eigenvalue weighted by atomic mass is 9.61. The molecule has 198 valence electrons. The lowest BCUT2D eigenvalue weighted by molar-refractivity contribution is 0.0436. The lowest BCUT2D eigenvalue weighted by Crippen LogP contribution is -2.35. The number of nitroso groups, excluding NO2 is 1. The molecule has 35 heavy (non-hydrogen) atoms. The Hall–Kier alpha value is -1.52. The molecule has 0 aromatic rings. The normalized spacial score (nSPS) is 35.5. The van der Waals surface area contributed by atoms with Crippen LogP contribution in [0.2, 0.25) is 0 Å². The van der Waals surface area contributed by atoms with Gasteiger partial charge < -0.3 is 10.2 Å². The monoisotopic (exact) mass is 485 g/mol. The van der Waals surface area contributed by atoms with E-state index in [-0.39, 0.29) is 5.92 Å². The number of nitrogens with zero attached hydrogens (tertiary/aromatic N) is 1. The Morgan fingerprint density at radius 3 is 2.43 bits per heavy atom. The molecule has 4 heteroatoms. The van der Waals surface area contributed by atoms with Gasteiger partial charge >= 0.3 is 0 Å². The maximum absolute atomic E-state index is 11.1. The van der Waals surface area contributed by atoms with E-state index in [1.54, 1.807) is 0 Å². The van der Waals surface area contributed by atoms with E-state index in [4.69, 9.17) is 0 Å². The fraction of sp³-hybridized carbons (Fsp3) is 0.742. The van der Waals surface area contributed by atoms with Gasteiger partial charge in [0, 0.05) is 5.92 Å². The molecule has 0 saturated heterocycles. The summed E-state index contributed by atoms with van der Waals surface area (Å²) in [5, 5.41) is 23.7. The fourth-order valence-electron chi connectivity index (χ4n) is 6.39. The summed E-state index contributed by atoms with van der Waals surface area (Å²) in [6.45, 7) is 18.8. The van der Waals surface area contributed by atoms with Crippen LogP contribution in [0.3, 0.4) is 0 Å². The SMILES string of the molecule is C=C1C(O)C/C(=C\C=C2/CCC[C@]3(C)C([C@H](C)/C=C/C(C)C(C)(C)O)CC[C@@H]23)C[C@H]1N=O.CCC. The van der Waals surface area contributed by atoms with E-state index in [1.807, 2.05) is 13.8 Å². The minimum Gasteiger partial charge on any atom is -0.390 e. The smallest absolute Gasteiger partial charge is 0.119 e. The summed E-state index contributed by atoms with van der Waals surface area (Å²) in [6.07, 6.45) is 16.8. The molecule has 0 heterocycles. The van der Waals surface area contributed by atoms with Gasteiger partial charge in [-0.2, -0.15) is 4.91 Å². The van der Waals surface area contributed by atoms with E-state index >= 15 is 0 Å². The van der Waals surface area contributed by atoms with Crippen LogP contribution in [0, 0.1) is 34.0 Å². The highest BCUT2D eigenvalue weighted by Crippen LogP contribution is 2.59. The molecular weight excluding hydrogens is 434 g/mol. The summed E-state index contributed by atoms with van der Waals surface area (Å²) < 4.78 is 0. The van der Waals surface area contributed by atoms with Crippen LogP contribution in [0.25, 0.3) is 0 Å². The van der Waals surface area contributed by atoms with Gasteiger partial charge in [-0.05, 0) is 87.5 Å². The molecule has 0 aliphatic heterocycles. The summed E-state index contributed by atoms with van der Waals surface area (Å²) >= 11 is 0. The Kier molecular flexibility index (Phi) is 10.7. The average Bonchev–Trinajstić information content (AvgIpc) is 3.15. The number of aliphatic hydroxyl groups is 2. The van der Waals surface area contributed by atoms with Crippen molar-refractivity contribution in [3.05, 3.63) is 52.5 Å². The predicted octanol–water partition coefficient (Wildman–Crippen LogP) is 7.92. The minimum atomic E-state index is -0.690. The van der Waals surface area contributed by atoms with Crippen LogP contribution >= 0.6 is 0 Å². The summed E-state index contributed by atoms with van der Waals surface area (Å²) in [5.41, 5.74) is 2.79. The van der Waals surface area contributed by atoms with E-state index in [9.17, 15) is 15.1 Å². The van der Waals surface area contributed by atoms with Gasteiger partial charge in [0.1, 0.15) is 6.04 Å². The second-order valence-corrected chi connectivity index (χ2v) is 12.2. The van der Waals surface area contributed by atoms with Crippen molar-refractivity contribution in [2.75, 3.05) is 0 Å². The van der Waals surface area contributed by atoms with E-state index in [2.05, 4.69) is 70.7 Å². The third kappa shape index (κ3) is 7.26. The van der Waals surface area contributed by atoms with E-state index in [0.717, 1.165) is 12.0 Å². The first-order valence-electron chi connectivity index (χ1n) is 13.9. The molecule has 0 aromatic heterocycles. The van der Waals surface area contributed by atoms with Crippen molar-refractivity contribution < 1.29 is 10.2 Å². The molecule has 0 radical (unpaired) electrons. The Balaban J connectivity index is 0.00000137. The van der Waals surface area contributed by atoms with Crippen molar-refractivity contribution in [1.82, 2.24) is 0 Å². The van der Waals surface area contributed by atoms with E-state index in [1.165, 1.54) is 37.7 Å². The van der Waals surface area contributed by atoms with Crippen molar-refractivity contribution in [2.24, 2.45) is 34.3 Å². The zero-order chi connectivity index (χ0) is 26.4. The summed E-state index contributed by atoms with van der Waals surface area (Å²) in [6, 6.07) is -0.505. The van der Waals surface area contributed by atoms with Crippen LogP contribution in [-0.4, -0.2) is 28.0 Å². The largest absolute Gasteiger partial charge is 0.390 e. The first kappa shape index (κ1) is 29.7. The standard InChI is InChI=1S/C28H43NO3.C3H8/c1-18(9-10-19(2)27(4,5)31)23-13-14-24-22(8-7-15-28(23,24)6)12-11-21-16-25(29-32)20(3)26(30)17-21;1-3-2/h9-12,18-19,23-26,30-31H,3,7-8,13-17H2,1-2,4-6H3;3H2,1-2H3/b10-9+,21-11-,22-12+;/t18-,19?,23?,24+,25-,26?,28-;/m1./s1. The number of aliphatic hydroxyl groups excluding tert-OH is 1. The highest BCUT2D eigenvalue weighted by Gasteiger charge is 2.50. The van der Waals surface area contributed by atoms with Gasteiger partial charge in [0.2, 0.25) is 0 Å². The second kappa shape index (κ2) is 12.6. The lowest BCUT2D eigenvalue weighted by Gasteiger charge is -2.44. The fourth-order valence-corrected chi connectivity index (χ4v) is 6.39. The Labute approximate surface area is 214 Å². The first-order valence-corrected chi connectivity index (χ1v) is 13.9. The molecule has 3 saturated carbocycles. The van der Waals surface area contributed by atoms with Gasteiger partial charge in [-0.3, -0.25) is 0 Å². The molecule has 7 atom stereocenters. The van der Waals surface area contributed by atoms with Gasteiger partial charge in [-0.1, -0.05) is 88.2 Å². The van der Waals surface area contributed by atoms with Gasteiger partial charge in [-0.15, -0.1) is 0 Å². The zero-order valence-electron chi connectivity index (χ0n) is 23.4. The number of fused-ring (bicyclic) bond motifs is 1. The molecule has 3 fully saturated rings. The van der Waals surface area contributed by atoms with Gasteiger partial charge in [0.05, 0.1) is 11.7 Å². The number of hydrogen-bond acceptors (Lipinski definition) is 4. The summed E-state index contributed by atoms with van der Waals surface area (Å²) in [7, 11) is 0. The molecule has 0 spiro atoms. The van der Waals surface area contributed by atoms with Crippen molar-refractivity contribution in [1.29, 1.82) is 0 Å². The van der Waals surface area contributed by atoms with Crippen molar-refractivity contribution in [3.8, 4) is 0 Å². The third-order valence-electron chi connectivity index (χ3n) is 8.92. The Morgan fingerprint density at radius 2 is 1.83 bits per heavy atom. The predicted molar refractivity (Wildman–Crippen MR) is 148 cm³/mol. The molecule has 3 aliphatic rings. The second-order valence-electron chi connectivity index (χ2n) is 12.2. The molecule has 3 aliphatic carbocycles. The van der Waals surface area contributed by atoms with Crippen LogP contribution in [-0.2, 0) is 0 Å². The Morgan fingerprint density at radius 1 is 1.17 bits per heavy atom. The van der Waals surface area contributed by atoms with Crippen LogP contribution < -0.4 is 0 Å². The maximum Gasteiger partial charge on any atom is 0.119 e. The molecule has 4 nitrogen and oxygen atoms in total. The highest BCUT2D eigenvalue weighted by atomic mass is 16.3. The molecule has 0 bridgehead atoms. The van der Waals surface area contributed by atoms with Gasteiger partial charge in [0.15, 0.2) is 0 Å². The van der Waals surface area contributed by atoms with Gasteiger partial charge in [0.25, 0.3) is 0 Å². The number of rotatable bonds is 6. The molecule has 3 rings (SSSR count). The number of hydrogen-bond donors (Lipinski definition) is 2. The van der Waals surface area contributed by atoms with Crippen LogP contribution in [0.15, 0.2) is 52.8 Å².